The molecule has 6 heteroatoms. The number of amides is 1. The highest BCUT2D eigenvalue weighted by Crippen LogP contribution is 2.27. The third-order valence-electron chi connectivity index (χ3n) is 5.20. The monoisotopic (exact) mass is 354 g/mol. The first-order valence-electron chi connectivity index (χ1n) is 8.66. The summed E-state index contributed by atoms with van der Waals surface area (Å²) in [4.78, 5) is 16.7. The highest BCUT2D eigenvalue weighted by Gasteiger charge is 2.36. The number of likely N-dealkylation sites (tertiary alicyclic amines) is 2. The minimum Gasteiger partial charge on any atom is -0.396 e. The minimum atomic E-state index is -0.590. The molecule has 0 unspecified atom stereocenters. The van der Waals surface area contributed by atoms with Gasteiger partial charge in [0.2, 0.25) is 0 Å². The summed E-state index contributed by atoms with van der Waals surface area (Å²) < 4.78 is 14.0. The van der Waals surface area contributed by atoms with Crippen LogP contribution < -0.4 is 0 Å². The second-order valence-electron chi connectivity index (χ2n) is 6.90. The maximum absolute atomic E-state index is 14.0. The fraction of sp³-hybridized carbons (Fsp3) is 0.611. The fourth-order valence-electron chi connectivity index (χ4n) is 3.83. The molecule has 3 rings (SSSR count). The van der Waals surface area contributed by atoms with Gasteiger partial charge in [0.05, 0.1) is 5.56 Å². The summed E-state index contributed by atoms with van der Waals surface area (Å²) >= 11 is 5.76. The van der Waals surface area contributed by atoms with Gasteiger partial charge in [0.25, 0.3) is 5.91 Å². The van der Waals surface area contributed by atoms with Crippen LogP contribution in [0.4, 0.5) is 4.39 Å². The van der Waals surface area contributed by atoms with E-state index in [0.717, 1.165) is 19.6 Å². The van der Waals surface area contributed by atoms with Crippen LogP contribution in [-0.2, 0) is 0 Å². The topological polar surface area (TPSA) is 43.8 Å². The Morgan fingerprint density at radius 1 is 1.21 bits per heavy atom. The van der Waals surface area contributed by atoms with Gasteiger partial charge >= 0.3 is 0 Å². The first kappa shape index (κ1) is 17.6. The second-order valence-corrected chi connectivity index (χ2v) is 7.33. The van der Waals surface area contributed by atoms with Gasteiger partial charge in [-0.2, -0.15) is 0 Å². The average Bonchev–Trinajstić information content (AvgIpc) is 2.98. The summed E-state index contributed by atoms with van der Waals surface area (Å²) in [6, 6.07) is 4.13. The quantitative estimate of drug-likeness (QED) is 0.904. The van der Waals surface area contributed by atoms with E-state index in [1.165, 1.54) is 37.5 Å². The molecule has 0 spiro atoms. The molecule has 0 aromatic heterocycles. The molecule has 0 aliphatic carbocycles. The molecule has 2 atom stereocenters. The van der Waals surface area contributed by atoms with Gasteiger partial charge in [-0.25, -0.2) is 4.39 Å². The van der Waals surface area contributed by atoms with Crippen LogP contribution in [0.5, 0.6) is 0 Å². The Morgan fingerprint density at radius 3 is 2.58 bits per heavy atom. The number of carbonyl (C=O) groups excluding carboxylic acids is 1. The van der Waals surface area contributed by atoms with Gasteiger partial charge in [-0.05, 0) is 50.0 Å². The van der Waals surface area contributed by atoms with E-state index in [-0.39, 0.29) is 34.9 Å². The van der Waals surface area contributed by atoms with Crippen molar-refractivity contribution in [2.75, 3.05) is 39.3 Å². The SMILES string of the molecule is O=C(c1ccc(Cl)cc1F)N1C[C@@H](CO)[C@@H](CN2CCCCC2)C1. The van der Waals surface area contributed by atoms with Crippen molar-refractivity contribution in [1.82, 2.24) is 9.80 Å². The van der Waals surface area contributed by atoms with Crippen LogP contribution in [0.2, 0.25) is 5.02 Å². The number of aliphatic hydroxyl groups is 1. The third-order valence-corrected chi connectivity index (χ3v) is 5.44. The van der Waals surface area contributed by atoms with Gasteiger partial charge < -0.3 is 14.9 Å². The molecule has 1 N–H and O–H groups in total. The lowest BCUT2D eigenvalue weighted by molar-refractivity contribution is 0.0774. The van der Waals surface area contributed by atoms with Crippen LogP contribution in [0.15, 0.2) is 18.2 Å². The summed E-state index contributed by atoms with van der Waals surface area (Å²) in [5.41, 5.74) is 0.0507. The Kier molecular flexibility index (Phi) is 5.74. The molecule has 2 saturated heterocycles. The number of benzene rings is 1. The normalized spacial score (nSPS) is 25.2. The van der Waals surface area contributed by atoms with E-state index in [1.807, 2.05) is 0 Å². The van der Waals surface area contributed by atoms with Crippen LogP contribution in [0.3, 0.4) is 0 Å². The number of aliphatic hydroxyl groups excluding tert-OH is 1. The predicted octanol–water partition coefficient (Wildman–Crippen LogP) is 2.65. The van der Waals surface area contributed by atoms with E-state index in [9.17, 15) is 14.3 Å². The van der Waals surface area contributed by atoms with Gasteiger partial charge in [0, 0.05) is 37.2 Å². The molecule has 2 aliphatic rings. The molecule has 1 aromatic rings. The first-order valence-corrected chi connectivity index (χ1v) is 9.04. The molecule has 132 valence electrons. The summed E-state index contributed by atoms with van der Waals surface area (Å²) in [6.45, 7) is 4.20. The zero-order valence-corrected chi connectivity index (χ0v) is 14.5. The number of rotatable bonds is 4. The van der Waals surface area contributed by atoms with Crippen molar-refractivity contribution in [3.05, 3.63) is 34.6 Å². The Hall–Kier alpha value is -1.17. The Labute approximate surface area is 147 Å². The van der Waals surface area contributed by atoms with Crippen LogP contribution in [0.1, 0.15) is 29.6 Å². The van der Waals surface area contributed by atoms with Crippen LogP contribution in [0.25, 0.3) is 0 Å². The third kappa shape index (κ3) is 3.90. The molecule has 1 amide bonds. The Morgan fingerprint density at radius 2 is 1.92 bits per heavy atom. The van der Waals surface area contributed by atoms with Crippen LogP contribution in [-0.4, -0.2) is 60.1 Å². The lowest BCUT2D eigenvalue weighted by Gasteiger charge is -2.30. The van der Waals surface area contributed by atoms with E-state index in [2.05, 4.69) is 4.90 Å². The zero-order chi connectivity index (χ0) is 17.1. The second kappa shape index (κ2) is 7.81. The van der Waals surface area contributed by atoms with Crippen molar-refractivity contribution >= 4 is 17.5 Å². The van der Waals surface area contributed by atoms with Gasteiger partial charge in [-0.1, -0.05) is 18.0 Å². The maximum Gasteiger partial charge on any atom is 0.256 e. The van der Waals surface area contributed by atoms with Crippen LogP contribution in [0, 0.1) is 17.7 Å². The molecule has 24 heavy (non-hydrogen) atoms. The minimum absolute atomic E-state index is 0.0507. The summed E-state index contributed by atoms with van der Waals surface area (Å²) in [7, 11) is 0. The van der Waals surface area contributed by atoms with Crippen molar-refractivity contribution in [3.63, 3.8) is 0 Å². The van der Waals surface area contributed by atoms with Gasteiger partial charge in [-0.15, -0.1) is 0 Å². The molecular weight excluding hydrogens is 331 g/mol. The van der Waals surface area contributed by atoms with E-state index >= 15 is 0 Å². The zero-order valence-electron chi connectivity index (χ0n) is 13.8. The summed E-state index contributed by atoms with van der Waals surface area (Å²) in [5.74, 6) is -0.602. The van der Waals surface area contributed by atoms with E-state index in [1.54, 1.807) is 4.90 Å². The van der Waals surface area contributed by atoms with Crippen molar-refractivity contribution in [1.29, 1.82) is 0 Å². The summed E-state index contributed by atoms with van der Waals surface area (Å²) in [5, 5.41) is 9.96. The van der Waals surface area contributed by atoms with Gasteiger partial charge in [-0.3, -0.25) is 4.79 Å². The summed E-state index contributed by atoms with van der Waals surface area (Å²) in [6.07, 6.45) is 3.72. The lowest BCUT2D eigenvalue weighted by Crippen LogP contribution is -2.37. The number of hydrogen-bond donors (Lipinski definition) is 1. The van der Waals surface area contributed by atoms with E-state index in [4.69, 9.17) is 11.6 Å². The molecule has 0 radical (unpaired) electrons. The smallest absolute Gasteiger partial charge is 0.256 e. The van der Waals surface area contributed by atoms with Gasteiger partial charge in [0.15, 0.2) is 0 Å². The maximum atomic E-state index is 14.0. The molecule has 0 bridgehead atoms. The lowest BCUT2D eigenvalue weighted by atomic mass is 9.95. The standard InChI is InChI=1S/C18H24ClFN2O2/c19-15-4-5-16(17(20)8-15)18(24)22-10-13(14(11-22)12-23)9-21-6-2-1-3-7-21/h4-5,8,13-14,23H,1-3,6-7,9-12H2/t13-,14-/m0/s1. The Balaban J connectivity index is 1.67. The molecule has 2 heterocycles. The van der Waals surface area contributed by atoms with E-state index in [0.29, 0.717) is 13.1 Å². The van der Waals surface area contributed by atoms with Crippen molar-refractivity contribution in [2.24, 2.45) is 11.8 Å². The van der Waals surface area contributed by atoms with Crippen molar-refractivity contribution in [2.45, 2.75) is 19.3 Å². The largest absolute Gasteiger partial charge is 0.396 e. The van der Waals surface area contributed by atoms with E-state index < -0.39 is 5.82 Å². The number of nitrogens with zero attached hydrogens (tertiary/aromatic N) is 2. The number of halogens is 2. The first-order chi connectivity index (χ1) is 11.6. The number of carbonyl (C=O) groups is 1. The molecule has 2 fully saturated rings. The van der Waals surface area contributed by atoms with Crippen molar-refractivity contribution in [3.8, 4) is 0 Å². The fourth-order valence-corrected chi connectivity index (χ4v) is 3.98. The average molecular weight is 355 g/mol. The predicted molar refractivity (Wildman–Crippen MR) is 91.7 cm³/mol. The number of piperidine rings is 1. The molecule has 4 nitrogen and oxygen atoms in total. The molecule has 0 saturated carbocycles. The van der Waals surface area contributed by atoms with Crippen molar-refractivity contribution < 1.29 is 14.3 Å². The number of hydrogen-bond acceptors (Lipinski definition) is 3. The van der Waals surface area contributed by atoms with Crippen LogP contribution >= 0.6 is 11.6 Å². The molecular formula is C18H24ClFN2O2. The van der Waals surface area contributed by atoms with Gasteiger partial charge in [0.1, 0.15) is 5.82 Å². The highest BCUT2D eigenvalue weighted by molar-refractivity contribution is 6.30. The molecule has 1 aromatic carbocycles. The molecule has 2 aliphatic heterocycles. The highest BCUT2D eigenvalue weighted by atomic mass is 35.5. The Bertz CT molecular complexity index is 592.